The van der Waals surface area contributed by atoms with Crippen LogP contribution in [0.1, 0.15) is 22.6 Å². The molecule has 1 aliphatic rings. The summed E-state index contributed by atoms with van der Waals surface area (Å²) in [5.41, 5.74) is 2.12. The number of nitrogens with one attached hydrogen (secondary N) is 2. The molecule has 7 nitrogen and oxygen atoms in total. The number of fused-ring (bicyclic) bond motifs is 1. The van der Waals surface area contributed by atoms with Crippen molar-refractivity contribution in [1.82, 2.24) is 10.2 Å². The highest BCUT2D eigenvalue weighted by atomic mass is 35.5. The number of aliphatic hydroxyl groups excluding tert-OH is 3. The summed E-state index contributed by atoms with van der Waals surface area (Å²) in [6, 6.07) is 10.5. The van der Waals surface area contributed by atoms with Gasteiger partial charge in [-0.15, -0.1) is 0 Å². The summed E-state index contributed by atoms with van der Waals surface area (Å²) in [5.74, 6) is 0.0196. The standard InChI is InChI=1S/C21H25Cl2N3O4/c1-26-8-17(16-6-14(22)7-19(23)18(16)9-26)13-3-2-4-15(5-13)24-20(30)25-21(10-27,11-28)12-29/h2-7,17,27-29H,8-12H2,1H3,(H2,24,25,30)/t17-/m0/s1. The van der Waals surface area contributed by atoms with E-state index in [0.29, 0.717) is 15.7 Å². The molecule has 1 atom stereocenters. The van der Waals surface area contributed by atoms with E-state index in [-0.39, 0.29) is 5.92 Å². The molecule has 2 aromatic rings. The Bertz CT molecular complexity index is 913. The van der Waals surface area contributed by atoms with E-state index in [0.717, 1.165) is 29.8 Å². The molecule has 1 heterocycles. The molecular formula is C21H25Cl2N3O4. The van der Waals surface area contributed by atoms with Gasteiger partial charge in [-0.2, -0.15) is 0 Å². The van der Waals surface area contributed by atoms with E-state index in [1.165, 1.54) is 0 Å². The number of aliphatic hydroxyl groups is 3. The Kier molecular flexibility index (Phi) is 7.23. The molecule has 0 radical (unpaired) electrons. The minimum atomic E-state index is -1.50. The van der Waals surface area contributed by atoms with Gasteiger partial charge in [-0.25, -0.2) is 4.79 Å². The third kappa shape index (κ3) is 4.88. The van der Waals surface area contributed by atoms with E-state index in [1.54, 1.807) is 12.1 Å². The topological polar surface area (TPSA) is 105 Å². The maximum Gasteiger partial charge on any atom is 0.319 e. The number of carbonyl (C=O) groups is 1. The van der Waals surface area contributed by atoms with E-state index in [4.69, 9.17) is 23.2 Å². The summed E-state index contributed by atoms with van der Waals surface area (Å²) in [6.45, 7) is -0.295. The molecule has 0 bridgehead atoms. The second kappa shape index (κ2) is 9.51. The minimum Gasteiger partial charge on any atom is -0.394 e. The first kappa shape index (κ1) is 22.8. The molecule has 0 spiro atoms. The zero-order valence-electron chi connectivity index (χ0n) is 16.5. The fourth-order valence-corrected chi connectivity index (χ4v) is 4.20. The Morgan fingerprint density at radius 1 is 1.17 bits per heavy atom. The molecule has 0 aromatic heterocycles. The van der Waals surface area contributed by atoms with Gasteiger partial charge < -0.3 is 30.9 Å². The Hall–Kier alpha value is -1.87. The highest BCUT2D eigenvalue weighted by Gasteiger charge is 2.30. The molecule has 0 saturated carbocycles. The molecular weight excluding hydrogens is 429 g/mol. The van der Waals surface area contributed by atoms with Crippen molar-refractivity contribution in [3.8, 4) is 0 Å². The van der Waals surface area contributed by atoms with Gasteiger partial charge in [-0.05, 0) is 48.0 Å². The van der Waals surface area contributed by atoms with E-state index in [9.17, 15) is 20.1 Å². The summed E-state index contributed by atoms with van der Waals surface area (Å²) in [5, 5.41) is 34.5. The normalized spacial score (nSPS) is 16.8. The number of hydrogen-bond acceptors (Lipinski definition) is 5. The molecule has 0 unspecified atom stereocenters. The predicted molar refractivity (Wildman–Crippen MR) is 117 cm³/mol. The lowest BCUT2D eigenvalue weighted by atomic mass is 9.84. The zero-order valence-corrected chi connectivity index (χ0v) is 18.0. The highest BCUT2D eigenvalue weighted by molar-refractivity contribution is 6.35. The number of rotatable bonds is 6. The quantitative estimate of drug-likeness (QED) is 0.461. The Morgan fingerprint density at radius 2 is 1.87 bits per heavy atom. The molecule has 0 saturated heterocycles. The summed E-state index contributed by atoms with van der Waals surface area (Å²) < 4.78 is 0. The lowest BCUT2D eigenvalue weighted by Gasteiger charge is -2.33. The lowest BCUT2D eigenvalue weighted by Crippen LogP contribution is -2.58. The number of anilines is 1. The molecule has 2 amide bonds. The van der Waals surface area contributed by atoms with E-state index >= 15 is 0 Å². The van der Waals surface area contributed by atoms with Crippen LogP contribution in [-0.2, 0) is 6.54 Å². The Labute approximate surface area is 185 Å². The summed E-state index contributed by atoms with van der Waals surface area (Å²) in [7, 11) is 2.02. The first-order valence-electron chi connectivity index (χ1n) is 9.49. The number of halogens is 2. The van der Waals surface area contributed by atoms with Crippen molar-refractivity contribution in [3.05, 3.63) is 63.1 Å². The number of likely N-dealkylation sites (N-methyl/N-ethyl adjacent to an activating group) is 1. The van der Waals surface area contributed by atoms with Crippen LogP contribution in [-0.4, -0.2) is 65.2 Å². The van der Waals surface area contributed by atoms with Gasteiger partial charge in [-0.1, -0.05) is 35.3 Å². The van der Waals surface area contributed by atoms with Gasteiger partial charge in [0, 0.05) is 34.7 Å². The van der Waals surface area contributed by atoms with Crippen LogP contribution < -0.4 is 10.6 Å². The highest BCUT2D eigenvalue weighted by Crippen LogP contribution is 2.38. The zero-order chi connectivity index (χ0) is 21.9. The number of benzene rings is 2. The maximum absolute atomic E-state index is 12.3. The second-order valence-electron chi connectivity index (χ2n) is 7.66. The smallest absolute Gasteiger partial charge is 0.319 e. The average Bonchev–Trinajstić information content (AvgIpc) is 2.72. The van der Waals surface area contributed by atoms with E-state index < -0.39 is 31.4 Å². The number of carbonyl (C=O) groups excluding carboxylic acids is 1. The van der Waals surface area contributed by atoms with E-state index in [1.807, 2.05) is 31.3 Å². The number of amides is 2. The lowest BCUT2D eigenvalue weighted by molar-refractivity contribution is 0.0507. The van der Waals surface area contributed by atoms with Crippen LogP contribution in [0.25, 0.3) is 0 Å². The molecule has 3 rings (SSSR count). The van der Waals surface area contributed by atoms with Crippen molar-refractivity contribution in [3.63, 3.8) is 0 Å². The van der Waals surface area contributed by atoms with Crippen LogP contribution in [0.2, 0.25) is 10.0 Å². The fourth-order valence-electron chi connectivity index (χ4n) is 3.64. The predicted octanol–water partition coefficient (Wildman–Crippen LogP) is 2.41. The molecule has 5 N–H and O–H groups in total. The van der Waals surface area contributed by atoms with Crippen molar-refractivity contribution >= 4 is 34.9 Å². The van der Waals surface area contributed by atoms with Crippen LogP contribution in [0.3, 0.4) is 0 Å². The first-order chi connectivity index (χ1) is 14.3. The van der Waals surface area contributed by atoms with Gasteiger partial charge in [-0.3, -0.25) is 0 Å². The monoisotopic (exact) mass is 453 g/mol. The molecule has 1 aliphatic heterocycles. The first-order valence-corrected chi connectivity index (χ1v) is 10.2. The molecule has 30 heavy (non-hydrogen) atoms. The van der Waals surface area contributed by atoms with Crippen molar-refractivity contribution < 1.29 is 20.1 Å². The van der Waals surface area contributed by atoms with Gasteiger partial charge in [0.1, 0.15) is 5.54 Å². The fraction of sp³-hybridized carbons (Fsp3) is 0.381. The van der Waals surface area contributed by atoms with Crippen LogP contribution in [0.15, 0.2) is 36.4 Å². The van der Waals surface area contributed by atoms with Crippen molar-refractivity contribution in [2.24, 2.45) is 0 Å². The van der Waals surface area contributed by atoms with Crippen molar-refractivity contribution in [2.75, 3.05) is 38.7 Å². The largest absolute Gasteiger partial charge is 0.394 e. The van der Waals surface area contributed by atoms with Gasteiger partial charge in [0.05, 0.1) is 19.8 Å². The minimum absolute atomic E-state index is 0.0196. The Morgan fingerprint density at radius 3 is 2.53 bits per heavy atom. The van der Waals surface area contributed by atoms with Crippen molar-refractivity contribution in [2.45, 2.75) is 18.0 Å². The summed E-state index contributed by atoms with van der Waals surface area (Å²) >= 11 is 12.7. The summed E-state index contributed by atoms with van der Waals surface area (Å²) in [6.07, 6.45) is 0. The number of hydrogen-bond donors (Lipinski definition) is 5. The molecule has 9 heteroatoms. The van der Waals surface area contributed by atoms with Gasteiger partial charge in [0.15, 0.2) is 0 Å². The molecule has 0 aliphatic carbocycles. The second-order valence-corrected chi connectivity index (χ2v) is 8.51. The third-order valence-electron chi connectivity index (χ3n) is 5.33. The molecule has 2 aromatic carbocycles. The van der Waals surface area contributed by atoms with Crippen molar-refractivity contribution in [1.29, 1.82) is 0 Å². The maximum atomic E-state index is 12.3. The van der Waals surface area contributed by atoms with Crippen LogP contribution >= 0.6 is 23.2 Å². The summed E-state index contributed by atoms with van der Waals surface area (Å²) in [4.78, 5) is 14.5. The average molecular weight is 454 g/mol. The van der Waals surface area contributed by atoms with Gasteiger partial charge >= 0.3 is 6.03 Å². The third-order valence-corrected chi connectivity index (χ3v) is 5.88. The number of nitrogens with zero attached hydrogens (tertiary/aromatic N) is 1. The van der Waals surface area contributed by atoms with Crippen LogP contribution in [0.4, 0.5) is 10.5 Å². The van der Waals surface area contributed by atoms with Gasteiger partial charge in [0.25, 0.3) is 0 Å². The Balaban J connectivity index is 1.85. The van der Waals surface area contributed by atoms with Crippen LogP contribution in [0.5, 0.6) is 0 Å². The number of urea groups is 1. The van der Waals surface area contributed by atoms with Gasteiger partial charge in [0.2, 0.25) is 0 Å². The molecule has 162 valence electrons. The van der Waals surface area contributed by atoms with Crippen LogP contribution in [0, 0.1) is 0 Å². The van der Waals surface area contributed by atoms with E-state index in [2.05, 4.69) is 15.5 Å². The molecule has 0 fully saturated rings. The SMILES string of the molecule is CN1Cc2c(Cl)cc(Cl)cc2[C@H](c2cccc(NC(=O)NC(CO)(CO)CO)c2)C1.